The Morgan fingerprint density at radius 2 is 1.78 bits per heavy atom. The fourth-order valence-electron chi connectivity index (χ4n) is 1.69. The van der Waals surface area contributed by atoms with Gasteiger partial charge in [0.05, 0.1) is 7.11 Å². The highest BCUT2D eigenvalue weighted by molar-refractivity contribution is 5.79. The maximum atomic E-state index is 11.4. The van der Waals surface area contributed by atoms with E-state index in [1.54, 1.807) is 6.92 Å². The number of nitrogens with zero attached hydrogens (tertiary/aromatic N) is 2. The van der Waals surface area contributed by atoms with Crippen molar-refractivity contribution in [2.75, 3.05) is 47.9 Å². The molecule has 0 spiro atoms. The van der Waals surface area contributed by atoms with Crippen molar-refractivity contribution < 1.29 is 9.53 Å². The van der Waals surface area contributed by atoms with Gasteiger partial charge in [0.1, 0.15) is 5.54 Å². The highest BCUT2D eigenvalue weighted by Gasteiger charge is 2.28. The summed E-state index contributed by atoms with van der Waals surface area (Å²) in [4.78, 5) is 15.8. The van der Waals surface area contributed by atoms with Crippen molar-refractivity contribution in [3.8, 4) is 0 Å². The number of nitrogens with two attached hydrogens (primary N) is 1. The average molecular weight is 259 g/mol. The summed E-state index contributed by atoms with van der Waals surface area (Å²) < 4.78 is 4.68. The minimum Gasteiger partial charge on any atom is -0.468 e. The van der Waals surface area contributed by atoms with Crippen LogP contribution in [0.15, 0.2) is 0 Å². The van der Waals surface area contributed by atoms with Crippen LogP contribution in [0.2, 0.25) is 0 Å². The number of unbranched alkanes of at least 4 members (excludes halogenated alkanes) is 1. The Morgan fingerprint density at radius 3 is 2.28 bits per heavy atom. The molecule has 0 rings (SSSR count). The molecule has 0 aromatic heterocycles. The highest BCUT2D eigenvalue weighted by atomic mass is 16.5. The van der Waals surface area contributed by atoms with Crippen molar-refractivity contribution in [3.63, 3.8) is 0 Å². The predicted octanol–water partition coefficient (Wildman–Crippen LogP) is 0.541. The molecular weight excluding hydrogens is 230 g/mol. The fourth-order valence-corrected chi connectivity index (χ4v) is 1.69. The number of hydrogen-bond donors (Lipinski definition) is 1. The molecule has 5 nitrogen and oxygen atoms in total. The predicted molar refractivity (Wildman–Crippen MR) is 74.5 cm³/mol. The van der Waals surface area contributed by atoms with E-state index in [1.165, 1.54) is 7.11 Å². The van der Waals surface area contributed by atoms with Crippen LogP contribution in [0.4, 0.5) is 0 Å². The topological polar surface area (TPSA) is 58.8 Å². The maximum absolute atomic E-state index is 11.4. The van der Waals surface area contributed by atoms with E-state index in [2.05, 4.69) is 35.7 Å². The average Bonchev–Trinajstić information content (AvgIpc) is 2.30. The number of carbonyl (C=O) groups is 1. The molecule has 0 aliphatic rings. The summed E-state index contributed by atoms with van der Waals surface area (Å²) in [5.74, 6) is -0.330. The maximum Gasteiger partial charge on any atom is 0.325 e. The second kappa shape index (κ2) is 8.45. The van der Waals surface area contributed by atoms with Gasteiger partial charge in [0, 0.05) is 13.1 Å². The van der Waals surface area contributed by atoms with Gasteiger partial charge in [0.25, 0.3) is 0 Å². The van der Waals surface area contributed by atoms with E-state index in [1.807, 2.05) is 0 Å². The number of rotatable bonds is 9. The van der Waals surface area contributed by atoms with E-state index in [0.717, 1.165) is 32.5 Å². The summed E-state index contributed by atoms with van der Waals surface area (Å²) in [6.07, 6.45) is 2.66. The van der Waals surface area contributed by atoms with Gasteiger partial charge in [-0.1, -0.05) is 0 Å². The van der Waals surface area contributed by atoms with E-state index in [4.69, 9.17) is 5.73 Å². The molecule has 0 aromatic carbocycles. The standard InChI is InChI=1S/C13H29N3O2/c1-13(14,12(17)18-5)8-6-7-9-16(4)11-10-15(2)3/h6-11,14H2,1-5H3. The Morgan fingerprint density at radius 1 is 1.17 bits per heavy atom. The van der Waals surface area contributed by atoms with E-state index in [9.17, 15) is 4.79 Å². The summed E-state index contributed by atoms with van der Waals surface area (Å²) in [6, 6.07) is 0. The first kappa shape index (κ1) is 17.4. The van der Waals surface area contributed by atoms with Crippen molar-refractivity contribution in [3.05, 3.63) is 0 Å². The SMILES string of the molecule is COC(=O)C(C)(N)CCCCN(C)CCN(C)C. The number of carbonyl (C=O) groups excluding carboxylic acids is 1. The molecule has 0 bridgehead atoms. The first-order valence-corrected chi connectivity index (χ1v) is 6.50. The lowest BCUT2D eigenvalue weighted by Gasteiger charge is -2.22. The van der Waals surface area contributed by atoms with Crippen LogP contribution in [0.25, 0.3) is 0 Å². The van der Waals surface area contributed by atoms with Gasteiger partial charge < -0.3 is 20.3 Å². The molecule has 0 saturated heterocycles. The Kier molecular flexibility index (Phi) is 8.15. The lowest BCUT2D eigenvalue weighted by atomic mass is 9.96. The zero-order valence-corrected chi connectivity index (χ0v) is 12.5. The first-order chi connectivity index (χ1) is 8.29. The number of esters is 1. The second-order valence-electron chi connectivity index (χ2n) is 5.47. The third-order valence-corrected chi connectivity index (χ3v) is 3.07. The number of likely N-dealkylation sites (N-methyl/N-ethyl adjacent to an activating group) is 2. The zero-order chi connectivity index (χ0) is 14.2. The van der Waals surface area contributed by atoms with Crippen molar-refractivity contribution in [2.24, 2.45) is 5.73 Å². The van der Waals surface area contributed by atoms with Crippen LogP contribution >= 0.6 is 0 Å². The number of methoxy groups -OCH3 is 1. The monoisotopic (exact) mass is 259 g/mol. The van der Waals surface area contributed by atoms with Gasteiger partial charge in [0.2, 0.25) is 0 Å². The molecule has 0 aromatic rings. The van der Waals surface area contributed by atoms with Crippen LogP contribution in [-0.4, -0.2) is 69.2 Å². The third-order valence-electron chi connectivity index (χ3n) is 3.07. The Labute approximate surface area is 111 Å². The van der Waals surface area contributed by atoms with E-state index in [-0.39, 0.29) is 5.97 Å². The summed E-state index contributed by atoms with van der Waals surface area (Å²) in [7, 11) is 7.64. The molecule has 0 saturated carbocycles. The minimum atomic E-state index is -0.850. The normalized spacial score (nSPS) is 14.9. The molecular formula is C13H29N3O2. The zero-order valence-electron chi connectivity index (χ0n) is 12.5. The van der Waals surface area contributed by atoms with Gasteiger partial charge in [-0.3, -0.25) is 4.79 Å². The third kappa shape index (κ3) is 7.63. The van der Waals surface area contributed by atoms with Crippen molar-refractivity contribution in [1.29, 1.82) is 0 Å². The minimum absolute atomic E-state index is 0.330. The molecule has 0 aliphatic heterocycles. The van der Waals surface area contributed by atoms with Crippen molar-refractivity contribution in [2.45, 2.75) is 31.7 Å². The first-order valence-electron chi connectivity index (χ1n) is 6.50. The van der Waals surface area contributed by atoms with Gasteiger partial charge in [-0.05, 0) is 53.9 Å². The van der Waals surface area contributed by atoms with E-state index in [0.29, 0.717) is 6.42 Å². The van der Waals surface area contributed by atoms with E-state index >= 15 is 0 Å². The molecule has 5 heteroatoms. The summed E-state index contributed by atoms with van der Waals surface area (Å²) in [6.45, 7) is 4.89. The summed E-state index contributed by atoms with van der Waals surface area (Å²) in [5, 5.41) is 0. The van der Waals surface area contributed by atoms with Crippen LogP contribution in [0, 0.1) is 0 Å². The molecule has 0 aliphatic carbocycles. The fraction of sp³-hybridized carbons (Fsp3) is 0.923. The largest absolute Gasteiger partial charge is 0.468 e. The van der Waals surface area contributed by atoms with Gasteiger partial charge in [-0.2, -0.15) is 0 Å². The second-order valence-corrected chi connectivity index (χ2v) is 5.47. The Bertz CT molecular complexity index is 242. The summed E-state index contributed by atoms with van der Waals surface area (Å²) >= 11 is 0. The van der Waals surface area contributed by atoms with Gasteiger partial charge >= 0.3 is 5.97 Å². The quantitative estimate of drug-likeness (QED) is 0.484. The van der Waals surface area contributed by atoms with Crippen molar-refractivity contribution in [1.82, 2.24) is 9.80 Å². The molecule has 18 heavy (non-hydrogen) atoms. The molecule has 0 heterocycles. The van der Waals surface area contributed by atoms with Crippen LogP contribution in [-0.2, 0) is 9.53 Å². The lowest BCUT2D eigenvalue weighted by Crippen LogP contribution is -2.45. The molecule has 1 unspecified atom stereocenters. The molecule has 2 N–H and O–H groups in total. The highest BCUT2D eigenvalue weighted by Crippen LogP contribution is 2.12. The van der Waals surface area contributed by atoms with E-state index < -0.39 is 5.54 Å². The van der Waals surface area contributed by atoms with Crippen LogP contribution in [0.5, 0.6) is 0 Å². The van der Waals surface area contributed by atoms with Gasteiger partial charge in [0.15, 0.2) is 0 Å². The summed E-state index contributed by atoms with van der Waals surface area (Å²) in [5.41, 5.74) is 5.04. The van der Waals surface area contributed by atoms with Gasteiger partial charge in [-0.25, -0.2) is 0 Å². The molecule has 108 valence electrons. The molecule has 0 radical (unpaired) electrons. The van der Waals surface area contributed by atoms with Gasteiger partial charge in [-0.15, -0.1) is 0 Å². The Balaban J connectivity index is 3.70. The van der Waals surface area contributed by atoms with Crippen LogP contribution < -0.4 is 5.73 Å². The molecule has 0 fully saturated rings. The van der Waals surface area contributed by atoms with Crippen LogP contribution in [0.1, 0.15) is 26.2 Å². The smallest absolute Gasteiger partial charge is 0.325 e. The molecule has 0 amide bonds. The Hall–Kier alpha value is -0.650. The molecule has 1 atom stereocenters. The lowest BCUT2D eigenvalue weighted by molar-refractivity contribution is -0.146. The number of hydrogen-bond acceptors (Lipinski definition) is 5. The van der Waals surface area contributed by atoms with Crippen LogP contribution in [0.3, 0.4) is 0 Å². The van der Waals surface area contributed by atoms with Crippen molar-refractivity contribution >= 4 is 5.97 Å². The number of ether oxygens (including phenoxy) is 1.